The van der Waals surface area contributed by atoms with Gasteiger partial charge in [0.15, 0.2) is 5.16 Å². The monoisotopic (exact) mass is 415 g/mol. The van der Waals surface area contributed by atoms with Gasteiger partial charge in [-0.1, -0.05) is 42.1 Å². The third kappa shape index (κ3) is 4.00. The molecular weight excluding hydrogens is 390 g/mol. The van der Waals surface area contributed by atoms with Crippen molar-refractivity contribution in [1.82, 2.24) is 14.9 Å². The average molecular weight is 416 g/mol. The molecule has 28 heavy (non-hydrogen) atoms. The predicted octanol–water partition coefficient (Wildman–Crippen LogP) is 4.45. The minimum absolute atomic E-state index is 0.0258. The summed E-state index contributed by atoms with van der Waals surface area (Å²) in [6.45, 7) is 10.2. The lowest BCUT2D eigenvalue weighted by atomic mass is 10.1. The molecule has 148 valence electrons. The first-order valence-electron chi connectivity index (χ1n) is 9.36. The number of aryl methyl sites for hydroxylation is 2. The number of nitrogens with zero attached hydrogens (tertiary/aromatic N) is 2. The highest BCUT2D eigenvalue weighted by atomic mass is 32.2. The Hall–Kier alpha value is -2.12. The van der Waals surface area contributed by atoms with Crippen LogP contribution in [0.15, 0.2) is 40.3 Å². The van der Waals surface area contributed by atoms with Crippen LogP contribution in [-0.4, -0.2) is 20.7 Å². The molecule has 2 unspecified atom stereocenters. The van der Waals surface area contributed by atoms with Gasteiger partial charge in [-0.3, -0.25) is 14.2 Å². The van der Waals surface area contributed by atoms with Gasteiger partial charge in [0.2, 0.25) is 5.91 Å². The van der Waals surface area contributed by atoms with E-state index in [1.165, 1.54) is 23.1 Å². The molecule has 0 fully saturated rings. The van der Waals surface area contributed by atoms with Crippen molar-refractivity contribution in [2.24, 2.45) is 0 Å². The Morgan fingerprint density at radius 3 is 2.57 bits per heavy atom. The van der Waals surface area contributed by atoms with Gasteiger partial charge < -0.3 is 5.32 Å². The number of nitrogens with one attached hydrogen (secondary N) is 1. The zero-order chi connectivity index (χ0) is 20.4. The number of carbonyl (C=O) groups excluding carboxylic acids is 1. The highest BCUT2D eigenvalue weighted by Crippen LogP contribution is 2.29. The Bertz CT molecular complexity index is 1060. The Kier molecular flexibility index (Phi) is 6.25. The van der Waals surface area contributed by atoms with E-state index in [-0.39, 0.29) is 22.8 Å². The van der Waals surface area contributed by atoms with Crippen LogP contribution in [0.3, 0.4) is 0 Å². The fraction of sp³-hybridized carbons (Fsp3) is 0.381. The second kappa shape index (κ2) is 8.49. The number of amides is 1. The summed E-state index contributed by atoms with van der Waals surface area (Å²) in [6.07, 6.45) is 0. The van der Waals surface area contributed by atoms with Crippen molar-refractivity contribution in [2.75, 3.05) is 0 Å². The number of fused-ring (bicyclic) bond motifs is 1. The summed E-state index contributed by atoms with van der Waals surface area (Å²) in [5, 5.41) is 3.97. The van der Waals surface area contributed by atoms with E-state index in [1.54, 1.807) is 4.57 Å². The average Bonchev–Trinajstić information content (AvgIpc) is 2.96. The summed E-state index contributed by atoms with van der Waals surface area (Å²) in [7, 11) is 0. The maximum atomic E-state index is 12.9. The van der Waals surface area contributed by atoms with Crippen LogP contribution in [-0.2, 0) is 11.3 Å². The smallest absolute Gasteiger partial charge is 0.263 e. The number of aromatic nitrogens is 2. The SMILES string of the molecule is CCn1c(SC(C)C(=O)NC(C)c2ccccc2)nc2sc(C)c(C)c2c1=O. The highest BCUT2D eigenvalue weighted by molar-refractivity contribution is 8.00. The van der Waals surface area contributed by atoms with E-state index in [4.69, 9.17) is 4.98 Å². The van der Waals surface area contributed by atoms with Crippen molar-refractivity contribution in [1.29, 1.82) is 0 Å². The summed E-state index contributed by atoms with van der Waals surface area (Å²) in [6, 6.07) is 9.78. The van der Waals surface area contributed by atoms with Crippen molar-refractivity contribution >= 4 is 39.2 Å². The van der Waals surface area contributed by atoms with Gasteiger partial charge in [-0.25, -0.2) is 4.98 Å². The topological polar surface area (TPSA) is 64.0 Å². The fourth-order valence-corrected chi connectivity index (χ4v) is 5.10. The maximum Gasteiger partial charge on any atom is 0.263 e. The van der Waals surface area contributed by atoms with E-state index in [0.717, 1.165) is 20.8 Å². The van der Waals surface area contributed by atoms with Crippen LogP contribution in [0.5, 0.6) is 0 Å². The molecule has 2 heterocycles. The molecule has 1 amide bonds. The molecule has 2 atom stereocenters. The first-order valence-corrected chi connectivity index (χ1v) is 11.1. The fourth-order valence-electron chi connectivity index (χ4n) is 3.04. The van der Waals surface area contributed by atoms with Crippen LogP contribution in [0.25, 0.3) is 10.2 Å². The normalized spacial score (nSPS) is 13.5. The van der Waals surface area contributed by atoms with Crippen molar-refractivity contribution in [2.45, 2.75) is 57.6 Å². The van der Waals surface area contributed by atoms with E-state index in [0.29, 0.717) is 17.1 Å². The molecule has 0 aliphatic carbocycles. The van der Waals surface area contributed by atoms with Gasteiger partial charge in [0.05, 0.1) is 16.7 Å². The number of thioether (sulfide) groups is 1. The molecule has 0 aliphatic rings. The minimum Gasteiger partial charge on any atom is -0.349 e. The van der Waals surface area contributed by atoms with Crippen molar-refractivity contribution in [3.63, 3.8) is 0 Å². The molecule has 1 N–H and O–H groups in total. The minimum atomic E-state index is -0.365. The van der Waals surface area contributed by atoms with Gasteiger partial charge in [0.25, 0.3) is 5.56 Å². The number of rotatable bonds is 6. The molecule has 0 spiro atoms. The lowest BCUT2D eigenvalue weighted by Gasteiger charge is -2.18. The van der Waals surface area contributed by atoms with Crippen LogP contribution in [0.4, 0.5) is 0 Å². The van der Waals surface area contributed by atoms with Crippen LogP contribution >= 0.6 is 23.1 Å². The summed E-state index contributed by atoms with van der Waals surface area (Å²) < 4.78 is 1.66. The summed E-state index contributed by atoms with van der Waals surface area (Å²) in [4.78, 5) is 32.2. The number of hydrogen-bond donors (Lipinski definition) is 1. The van der Waals surface area contributed by atoms with Gasteiger partial charge in [-0.15, -0.1) is 11.3 Å². The molecule has 5 nitrogen and oxygen atoms in total. The van der Waals surface area contributed by atoms with Gasteiger partial charge >= 0.3 is 0 Å². The van der Waals surface area contributed by atoms with Crippen molar-refractivity contribution in [3.05, 3.63) is 56.7 Å². The molecule has 7 heteroatoms. The molecular formula is C21H25N3O2S2. The van der Waals surface area contributed by atoms with Crippen LogP contribution in [0.2, 0.25) is 0 Å². The molecule has 0 bridgehead atoms. The third-order valence-corrected chi connectivity index (χ3v) is 7.07. The standard InChI is InChI=1S/C21H25N3O2S2/c1-6-24-20(26)17-12(2)14(4)27-19(17)23-21(24)28-15(5)18(25)22-13(3)16-10-8-7-9-11-16/h7-11,13,15H,6H2,1-5H3,(H,22,25). The van der Waals surface area contributed by atoms with Crippen LogP contribution in [0, 0.1) is 13.8 Å². The first-order chi connectivity index (χ1) is 13.3. The Balaban J connectivity index is 1.83. The summed E-state index contributed by atoms with van der Waals surface area (Å²) in [5.41, 5.74) is 2.03. The second-order valence-electron chi connectivity index (χ2n) is 6.81. The van der Waals surface area contributed by atoms with Crippen molar-refractivity contribution in [3.8, 4) is 0 Å². The number of carbonyl (C=O) groups is 1. The molecule has 0 radical (unpaired) electrons. The van der Waals surface area contributed by atoms with E-state index < -0.39 is 0 Å². The molecule has 2 aromatic heterocycles. The summed E-state index contributed by atoms with van der Waals surface area (Å²) in [5.74, 6) is -0.0723. The lowest BCUT2D eigenvalue weighted by molar-refractivity contribution is -0.120. The van der Waals surface area contributed by atoms with Crippen LogP contribution in [0.1, 0.15) is 42.8 Å². The van der Waals surface area contributed by atoms with Gasteiger partial charge in [-0.05, 0) is 45.7 Å². The van der Waals surface area contributed by atoms with Gasteiger partial charge in [-0.2, -0.15) is 0 Å². The van der Waals surface area contributed by atoms with E-state index >= 15 is 0 Å². The number of thiophene rings is 1. The first kappa shape index (κ1) is 20.6. The predicted molar refractivity (Wildman–Crippen MR) is 117 cm³/mol. The molecule has 0 saturated carbocycles. The summed E-state index contributed by atoms with van der Waals surface area (Å²) >= 11 is 2.86. The molecule has 3 aromatic rings. The lowest BCUT2D eigenvalue weighted by Crippen LogP contribution is -2.33. The Labute approximate surface area is 173 Å². The quantitative estimate of drug-likeness (QED) is 0.477. The van der Waals surface area contributed by atoms with Gasteiger partial charge in [0, 0.05) is 11.4 Å². The third-order valence-electron chi connectivity index (χ3n) is 4.88. The second-order valence-corrected chi connectivity index (χ2v) is 9.32. The van der Waals surface area contributed by atoms with E-state index in [9.17, 15) is 9.59 Å². The Morgan fingerprint density at radius 1 is 1.25 bits per heavy atom. The zero-order valence-corrected chi connectivity index (χ0v) is 18.4. The molecule has 0 aliphatic heterocycles. The number of benzene rings is 1. The molecule has 1 aromatic carbocycles. The van der Waals surface area contributed by atoms with Gasteiger partial charge in [0.1, 0.15) is 4.83 Å². The Morgan fingerprint density at radius 2 is 1.93 bits per heavy atom. The van der Waals surface area contributed by atoms with E-state index in [2.05, 4.69) is 5.32 Å². The number of hydrogen-bond acceptors (Lipinski definition) is 5. The molecule has 0 saturated heterocycles. The molecule has 3 rings (SSSR count). The zero-order valence-electron chi connectivity index (χ0n) is 16.8. The van der Waals surface area contributed by atoms with E-state index in [1.807, 2.05) is 65.0 Å². The van der Waals surface area contributed by atoms with Crippen LogP contribution < -0.4 is 10.9 Å². The largest absolute Gasteiger partial charge is 0.349 e. The van der Waals surface area contributed by atoms with Crippen molar-refractivity contribution < 1.29 is 4.79 Å². The maximum absolute atomic E-state index is 12.9. The highest BCUT2D eigenvalue weighted by Gasteiger charge is 2.22.